The van der Waals surface area contributed by atoms with Crippen LogP contribution >= 0.6 is 0 Å². The first-order valence-electron chi connectivity index (χ1n) is 7.09. The zero-order valence-electron chi connectivity index (χ0n) is 13.3. The quantitative estimate of drug-likeness (QED) is 0.471. The van der Waals surface area contributed by atoms with Gasteiger partial charge in [0.15, 0.2) is 0 Å². The molecule has 0 N–H and O–H groups in total. The Morgan fingerprint density at radius 2 is 1.81 bits per heavy atom. The van der Waals surface area contributed by atoms with Crippen LogP contribution in [0.2, 0.25) is 19.6 Å². The van der Waals surface area contributed by atoms with Crippen molar-refractivity contribution in [3.05, 3.63) is 47.2 Å². The molecular formula is C17H22O3Si. The molecule has 0 unspecified atom stereocenters. The number of carbonyl (C=O) groups excluding carboxylic acids is 1. The summed E-state index contributed by atoms with van der Waals surface area (Å²) >= 11 is 0. The van der Waals surface area contributed by atoms with Crippen molar-refractivity contribution in [2.24, 2.45) is 0 Å². The van der Waals surface area contributed by atoms with Gasteiger partial charge in [0.05, 0.1) is 8.07 Å². The highest BCUT2D eigenvalue weighted by Gasteiger charge is 2.34. The number of esters is 1. The predicted octanol–water partition coefficient (Wildman–Crippen LogP) is 4.42. The summed E-state index contributed by atoms with van der Waals surface area (Å²) in [7, 11) is -1.20. The van der Waals surface area contributed by atoms with Gasteiger partial charge in [0.25, 0.3) is 0 Å². The molecule has 0 aromatic heterocycles. The second kappa shape index (κ2) is 5.52. The maximum absolute atomic E-state index is 12.2. The first-order valence-corrected chi connectivity index (χ1v) is 10.7. The van der Waals surface area contributed by atoms with E-state index in [-0.39, 0.29) is 5.97 Å². The second-order valence-electron chi connectivity index (χ2n) is 6.70. The SMILES string of the molecule is CC1(C)OC(=O)c2c(/C=C/C=C/[Si](C)(C)C)cccc2O1. The van der Waals surface area contributed by atoms with Gasteiger partial charge in [0.2, 0.25) is 5.79 Å². The van der Waals surface area contributed by atoms with Gasteiger partial charge < -0.3 is 9.47 Å². The van der Waals surface area contributed by atoms with Crippen LogP contribution in [0, 0.1) is 0 Å². The van der Waals surface area contributed by atoms with Crippen LogP contribution in [-0.2, 0) is 4.74 Å². The van der Waals surface area contributed by atoms with Crippen LogP contribution in [0.25, 0.3) is 6.08 Å². The molecule has 1 aliphatic heterocycles. The summed E-state index contributed by atoms with van der Waals surface area (Å²) in [4.78, 5) is 12.2. The second-order valence-corrected chi connectivity index (χ2v) is 11.8. The molecule has 1 aromatic rings. The lowest BCUT2D eigenvalue weighted by Gasteiger charge is -2.32. The van der Waals surface area contributed by atoms with E-state index < -0.39 is 13.9 Å². The molecule has 112 valence electrons. The van der Waals surface area contributed by atoms with Crippen LogP contribution in [0.3, 0.4) is 0 Å². The molecule has 0 spiro atoms. The third kappa shape index (κ3) is 4.08. The summed E-state index contributed by atoms with van der Waals surface area (Å²) in [6, 6.07) is 5.57. The number of ether oxygens (including phenoxy) is 2. The van der Waals surface area contributed by atoms with Gasteiger partial charge in [0.1, 0.15) is 11.3 Å². The van der Waals surface area contributed by atoms with Crippen molar-refractivity contribution in [1.82, 2.24) is 0 Å². The summed E-state index contributed by atoms with van der Waals surface area (Å²) in [6.45, 7) is 10.3. The van der Waals surface area contributed by atoms with Crippen LogP contribution in [0.5, 0.6) is 5.75 Å². The number of hydrogen-bond donors (Lipinski definition) is 0. The smallest absolute Gasteiger partial charge is 0.345 e. The highest BCUT2D eigenvalue weighted by Crippen LogP contribution is 2.33. The molecule has 0 atom stereocenters. The molecule has 2 rings (SSSR count). The van der Waals surface area contributed by atoms with Crippen molar-refractivity contribution >= 4 is 20.1 Å². The maximum atomic E-state index is 12.2. The van der Waals surface area contributed by atoms with Crippen LogP contribution in [0.1, 0.15) is 29.8 Å². The first kappa shape index (κ1) is 15.6. The topological polar surface area (TPSA) is 35.5 Å². The molecule has 1 heterocycles. The molecular weight excluding hydrogens is 280 g/mol. The Labute approximate surface area is 127 Å². The highest BCUT2D eigenvalue weighted by atomic mass is 28.3. The van der Waals surface area contributed by atoms with E-state index in [0.29, 0.717) is 11.3 Å². The van der Waals surface area contributed by atoms with E-state index in [2.05, 4.69) is 25.3 Å². The van der Waals surface area contributed by atoms with Gasteiger partial charge >= 0.3 is 5.97 Å². The number of allylic oxidation sites excluding steroid dienone is 2. The number of benzene rings is 1. The Hall–Kier alpha value is -1.81. The zero-order valence-corrected chi connectivity index (χ0v) is 14.3. The van der Waals surface area contributed by atoms with Gasteiger partial charge in [-0.25, -0.2) is 4.79 Å². The van der Waals surface area contributed by atoms with E-state index in [9.17, 15) is 4.79 Å². The Balaban J connectivity index is 2.30. The average Bonchev–Trinajstić information content (AvgIpc) is 2.31. The minimum Gasteiger partial charge on any atom is -0.452 e. The van der Waals surface area contributed by atoms with Crippen molar-refractivity contribution < 1.29 is 14.3 Å². The summed E-state index contributed by atoms with van der Waals surface area (Å²) in [5, 5.41) is 0. The minimum absolute atomic E-state index is 0.337. The number of rotatable bonds is 3. The van der Waals surface area contributed by atoms with Crippen LogP contribution in [0.15, 0.2) is 36.1 Å². The third-order valence-corrected chi connectivity index (χ3v) is 4.13. The molecule has 21 heavy (non-hydrogen) atoms. The fourth-order valence-electron chi connectivity index (χ4n) is 2.05. The van der Waals surface area contributed by atoms with E-state index in [0.717, 1.165) is 5.56 Å². The molecule has 1 aromatic carbocycles. The molecule has 0 amide bonds. The summed E-state index contributed by atoms with van der Waals surface area (Å²) < 4.78 is 11.0. The molecule has 0 fully saturated rings. The molecule has 0 aliphatic carbocycles. The van der Waals surface area contributed by atoms with Gasteiger partial charge in [0, 0.05) is 13.8 Å². The van der Waals surface area contributed by atoms with Crippen molar-refractivity contribution in [3.63, 3.8) is 0 Å². The van der Waals surface area contributed by atoms with Gasteiger partial charge in [-0.3, -0.25) is 0 Å². The molecule has 0 saturated heterocycles. The lowest BCUT2D eigenvalue weighted by Crippen LogP contribution is -2.39. The fraction of sp³-hybridized carbons (Fsp3) is 0.353. The number of hydrogen-bond acceptors (Lipinski definition) is 3. The Morgan fingerprint density at radius 1 is 1.10 bits per heavy atom. The Morgan fingerprint density at radius 3 is 2.48 bits per heavy atom. The first-order chi connectivity index (χ1) is 9.68. The van der Waals surface area contributed by atoms with E-state index >= 15 is 0 Å². The molecule has 0 radical (unpaired) electrons. The average molecular weight is 302 g/mol. The maximum Gasteiger partial charge on any atom is 0.345 e. The molecule has 0 saturated carbocycles. The lowest BCUT2D eigenvalue weighted by atomic mass is 10.0. The standard InChI is InChI=1S/C17H22O3Si/c1-17(2)19-14-11-8-10-13(15(14)16(18)20-17)9-6-7-12-21(3,4)5/h6-12H,1-5H3/b9-6+,12-7+. The summed E-state index contributed by atoms with van der Waals surface area (Å²) in [6.07, 6.45) is 5.92. The number of cyclic esters (lactones) is 1. The molecule has 4 heteroatoms. The number of carbonyl (C=O) groups is 1. The fourth-order valence-corrected chi connectivity index (χ4v) is 2.74. The molecule has 0 bridgehead atoms. The predicted molar refractivity (Wildman–Crippen MR) is 88.1 cm³/mol. The van der Waals surface area contributed by atoms with Crippen molar-refractivity contribution in [3.8, 4) is 5.75 Å². The molecule has 3 nitrogen and oxygen atoms in total. The van der Waals surface area contributed by atoms with Gasteiger partial charge in [-0.15, -0.1) is 0 Å². The lowest BCUT2D eigenvalue weighted by molar-refractivity contribution is -0.127. The van der Waals surface area contributed by atoms with Crippen LogP contribution in [-0.4, -0.2) is 19.8 Å². The Kier molecular flexibility index (Phi) is 4.10. The van der Waals surface area contributed by atoms with E-state index in [1.807, 2.05) is 30.4 Å². The van der Waals surface area contributed by atoms with Crippen molar-refractivity contribution in [2.45, 2.75) is 39.3 Å². The molecule has 1 aliphatic rings. The van der Waals surface area contributed by atoms with E-state index in [4.69, 9.17) is 9.47 Å². The third-order valence-electron chi connectivity index (χ3n) is 2.94. The van der Waals surface area contributed by atoms with E-state index in [1.165, 1.54) is 0 Å². The van der Waals surface area contributed by atoms with Crippen molar-refractivity contribution in [1.29, 1.82) is 0 Å². The highest BCUT2D eigenvalue weighted by molar-refractivity contribution is 6.81. The largest absolute Gasteiger partial charge is 0.452 e. The minimum atomic E-state index is -1.20. The Bertz CT molecular complexity index is 607. The van der Waals surface area contributed by atoms with Crippen LogP contribution < -0.4 is 4.74 Å². The van der Waals surface area contributed by atoms with Crippen molar-refractivity contribution in [2.75, 3.05) is 0 Å². The number of fused-ring (bicyclic) bond motifs is 1. The van der Waals surface area contributed by atoms with Crippen LogP contribution in [0.4, 0.5) is 0 Å². The zero-order chi connectivity index (χ0) is 15.7. The van der Waals surface area contributed by atoms with Gasteiger partial charge in [-0.05, 0) is 11.6 Å². The van der Waals surface area contributed by atoms with Gasteiger partial charge in [-0.2, -0.15) is 0 Å². The summed E-state index contributed by atoms with van der Waals surface area (Å²) in [5.74, 6) is -0.673. The van der Waals surface area contributed by atoms with E-state index in [1.54, 1.807) is 19.9 Å². The van der Waals surface area contributed by atoms with Gasteiger partial charge in [-0.1, -0.05) is 55.7 Å². The summed E-state index contributed by atoms with van der Waals surface area (Å²) in [5.41, 5.74) is 3.55. The normalized spacial score (nSPS) is 17.7. The monoisotopic (exact) mass is 302 g/mol.